The monoisotopic (exact) mass is 330 g/mol. The fourth-order valence-corrected chi connectivity index (χ4v) is 7.22. The van der Waals surface area contributed by atoms with Crippen LogP contribution in [-0.4, -0.2) is 40.8 Å². The number of carbonyl (C=O) groups is 3. The van der Waals surface area contributed by atoms with Gasteiger partial charge in [-0.25, -0.2) is 0 Å². The van der Waals surface area contributed by atoms with E-state index in [4.69, 9.17) is 4.74 Å². The number of hydrogen-bond acceptors (Lipinski definition) is 5. The van der Waals surface area contributed by atoms with Gasteiger partial charge in [0, 0.05) is 30.1 Å². The van der Waals surface area contributed by atoms with Gasteiger partial charge < -0.3 is 9.84 Å². The van der Waals surface area contributed by atoms with Crippen LogP contribution in [0.5, 0.6) is 0 Å². The first-order chi connectivity index (χ1) is 11.2. The Morgan fingerprint density at radius 3 is 2.62 bits per heavy atom. The Labute approximate surface area is 140 Å². The molecule has 0 amide bonds. The highest BCUT2D eigenvalue weighted by molar-refractivity contribution is 6.05. The molecule has 1 saturated heterocycles. The maximum Gasteiger partial charge on any atom is 0.162 e. The third kappa shape index (κ3) is 1.20. The molecule has 8 atom stereocenters. The predicted octanol–water partition coefficient (Wildman–Crippen LogP) is 1.08. The number of aliphatic hydroxyl groups excluding tert-OH is 1. The zero-order valence-corrected chi connectivity index (χ0v) is 14.2. The van der Waals surface area contributed by atoms with Crippen LogP contribution in [-0.2, 0) is 19.1 Å². The van der Waals surface area contributed by atoms with E-state index in [1.165, 1.54) is 0 Å². The average molecular weight is 330 g/mol. The molecule has 5 heteroatoms. The Balaban J connectivity index is 1.78. The van der Waals surface area contributed by atoms with Crippen molar-refractivity contribution in [1.29, 1.82) is 0 Å². The Morgan fingerprint density at radius 2 is 1.92 bits per heavy atom. The van der Waals surface area contributed by atoms with E-state index < -0.39 is 34.4 Å². The second-order valence-electron chi connectivity index (χ2n) is 8.91. The molecule has 1 heterocycles. The smallest absolute Gasteiger partial charge is 0.162 e. The average Bonchev–Trinajstić information content (AvgIpc) is 2.97. The molecule has 0 radical (unpaired) electrons. The molecule has 24 heavy (non-hydrogen) atoms. The molecule has 0 aromatic carbocycles. The standard InChI is InChI=1S/C19H22O5/c1-8-4-12(21)17(2)9(8)6-13(22)19-7-24-18(3)10(14(23)16(17)19)5-11(20)15(18)19/h4,9-10,14-16,23H,5-7H2,1-3H3/t9-,10+,14+,15+,16-,17-,18-,19+/m1/s1. The summed E-state index contributed by atoms with van der Waals surface area (Å²) in [6.07, 6.45) is 1.29. The summed E-state index contributed by atoms with van der Waals surface area (Å²) in [5.41, 5.74) is -1.69. The van der Waals surface area contributed by atoms with Crippen LogP contribution in [0.25, 0.3) is 0 Å². The molecule has 1 aliphatic heterocycles. The van der Waals surface area contributed by atoms with Gasteiger partial charge in [-0.05, 0) is 25.8 Å². The number of carbonyl (C=O) groups excluding carboxylic acids is 3. The summed E-state index contributed by atoms with van der Waals surface area (Å²) in [4.78, 5) is 38.9. The van der Waals surface area contributed by atoms with E-state index in [9.17, 15) is 19.5 Å². The predicted molar refractivity (Wildman–Crippen MR) is 82.9 cm³/mol. The van der Waals surface area contributed by atoms with E-state index in [-0.39, 0.29) is 48.6 Å². The summed E-state index contributed by atoms with van der Waals surface area (Å²) in [6, 6.07) is 0. The lowest BCUT2D eigenvalue weighted by Crippen LogP contribution is -2.68. The third-order valence-electron chi connectivity index (χ3n) is 8.22. The number of aliphatic hydroxyl groups is 1. The molecule has 3 saturated carbocycles. The molecule has 5 aliphatic rings. The number of rotatable bonds is 0. The van der Waals surface area contributed by atoms with E-state index in [1.807, 2.05) is 20.8 Å². The summed E-state index contributed by atoms with van der Waals surface area (Å²) >= 11 is 0. The van der Waals surface area contributed by atoms with Gasteiger partial charge >= 0.3 is 0 Å². The molecule has 0 aromatic heterocycles. The van der Waals surface area contributed by atoms with Gasteiger partial charge in [0.2, 0.25) is 0 Å². The highest BCUT2D eigenvalue weighted by Gasteiger charge is 2.81. The Kier molecular flexibility index (Phi) is 2.44. The molecule has 4 fully saturated rings. The van der Waals surface area contributed by atoms with Crippen LogP contribution in [0.4, 0.5) is 0 Å². The lowest BCUT2D eigenvalue weighted by atomic mass is 9.42. The van der Waals surface area contributed by atoms with Gasteiger partial charge in [-0.15, -0.1) is 0 Å². The number of hydrogen-bond donors (Lipinski definition) is 1. The number of ketones is 3. The molecule has 0 unspecified atom stereocenters. The van der Waals surface area contributed by atoms with Crippen molar-refractivity contribution in [1.82, 2.24) is 0 Å². The van der Waals surface area contributed by atoms with Gasteiger partial charge in [-0.3, -0.25) is 14.4 Å². The summed E-state index contributed by atoms with van der Waals surface area (Å²) in [5.74, 6) is -1.53. The van der Waals surface area contributed by atoms with Crippen LogP contribution in [0, 0.1) is 34.5 Å². The van der Waals surface area contributed by atoms with Crippen LogP contribution in [0.1, 0.15) is 33.6 Å². The van der Waals surface area contributed by atoms with Gasteiger partial charge in [-0.2, -0.15) is 0 Å². The second-order valence-corrected chi connectivity index (χ2v) is 8.91. The van der Waals surface area contributed by atoms with E-state index in [2.05, 4.69) is 0 Å². The zero-order valence-electron chi connectivity index (χ0n) is 14.2. The van der Waals surface area contributed by atoms with Gasteiger partial charge in [0.05, 0.1) is 29.6 Å². The maximum absolute atomic E-state index is 13.3. The normalized spacial score (nSPS) is 57.9. The minimum absolute atomic E-state index is 0.00102. The zero-order chi connectivity index (χ0) is 17.2. The van der Waals surface area contributed by atoms with Gasteiger partial charge in [0.15, 0.2) is 5.78 Å². The Bertz CT molecular complexity index is 753. The van der Waals surface area contributed by atoms with Crippen molar-refractivity contribution in [3.8, 4) is 0 Å². The largest absolute Gasteiger partial charge is 0.392 e. The minimum Gasteiger partial charge on any atom is -0.392 e. The molecular weight excluding hydrogens is 308 g/mol. The van der Waals surface area contributed by atoms with Crippen molar-refractivity contribution in [2.75, 3.05) is 6.61 Å². The van der Waals surface area contributed by atoms with Gasteiger partial charge in [-0.1, -0.05) is 12.5 Å². The summed E-state index contributed by atoms with van der Waals surface area (Å²) in [6.45, 7) is 5.80. The summed E-state index contributed by atoms with van der Waals surface area (Å²) < 4.78 is 6.05. The van der Waals surface area contributed by atoms with E-state index in [0.717, 1.165) is 5.57 Å². The van der Waals surface area contributed by atoms with E-state index in [0.29, 0.717) is 0 Å². The van der Waals surface area contributed by atoms with Gasteiger partial charge in [0.25, 0.3) is 0 Å². The number of allylic oxidation sites excluding steroid dienone is 2. The van der Waals surface area contributed by atoms with Crippen LogP contribution in [0.2, 0.25) is 0 Å². The lowest BCUT2D eigenvalue weighted by molar-refractivity contribution is -0.184. The van der Waals surface area contributed by atoms with Crippen molar-refractivity contribution in [2.45, 2.75) is 45.3 Å². The molecule has 0 aromatic rings. The fourth-order valence-electron chi connectivity index (χ4n) is 7.22. The third-order valence-corrected chi connectivity index (χ3v) is 8.22. The first-order valence-corrected chi connectivity index (χ1v) is 8.79. The van der Waals surface area contributed by atoms with E-state index >= 15 is 0 Å². The Morgan fingerprint density at radius 1 is 1.21 bits per heavy atom. The molecule has 1 N–H and O–H groups in total. The quantitative estimate of drug-likeness (QED) is 0.719. The Hall–Kier alpha value is -1.33. The van der Waals surface area contributed by atoms with Crippen LogP contribution in [0.3, 0.4) is 0 Å². The van der Waals surface area contributed by atoms with Crippen molar-refractivity contribution in [3.63, 3.8) is 0 Å². The molecule has 128 valence electrons. The SMILES string of the molecule is CC1=CC(=O)[C@@]2(C)[C@@H]1CC(=O)[C@@]13CO[C@]4(C)[C@@H](CC(=O)[C@@H]41)[C@H](O)[C@H]23. The highest BCUT2D eigenvalue weighted by atomic mass is 16.5. The second kappa shape index (κ2) is 3.91. The number of ether oxygens (including phenoxy) is 1. The number of fused-ring (bicyclic) bond motifs is 2. The van der Waals surface area contributed by atoms with E-state index in [1.54, 1.807) is 6.08 Å². The molecule has 1 spiro atoms. The molecule has 4 bridgehead atoms. The highest BCUT2D eigenvalue weighted by Crippen LogP contribution is 2.72. The first kappa shape index (κ1) is 15.0. The van der Waals surface area contributed by atoms with Crippen molar-refractivity contribution >= 4 is 17.3 Å². The summed E-state index contributed by atoms with van der Waals surface area (Å²) in [5, 5.41) is 11.2. The molecule has 4 aliphatic carbocycles. The van der Waals surface area contributed by atoms with Crippen molar-refractivity contribution < 1.29 is 24.2 Å². The van der Waals surface area contributed by atoms with Crippen LogP contribution < -0.4 is 0 Å². The minimum atomic E-state index is -1.03. The van der Waals surface area contributed by atoms with Crippen molar-refractivity contribution in [3.05, 3.63) is 11.6 Å². The summed E-state index contributed by atoms with van der Waals surface area (Å²) in [7, 11) is 0. The fraction of sp³-hybridized carbons (Fsp3) is 0.737. The van der Waals surface area contributed by atoms with Crippen molar-refractivity contribution in [2.24, 2.45) is 34.5 Å². The molecular formula is C19H22O5. The first-order valence-electron chi connectivity index (χ1n) is 8.79. The lowest BCUT2D eigenvalue weighted by Gasteiger charge is -2.58. The number of Topliss-reactive ketones (excluding diaryl/α,β-unsaturated/α-hetero) is 2. The maximum atomic E-state index is 13.3. The van der Waals surface area contributed by atoms with Gasteiger partial charge in [0.1, 0.15) is 11.6 Å². The van der Waals surface area contributed by atoms with Crippen LogP contribution in [0.15, 0.2) is 11.6 Å². The molecule has 5 rings (SSSR count). The van der Waals surface area contributed by atoms with Crippen LogP contribution >= 0.6 is 0 Å². The molecule has 5 nitrogen and oxygen atoms in total. The topological polar surface area (TPSA) is 80.7 Å².